The molecule has 0 saturated carbocycles. The Morgan fingerprint density at radius 1 is 0.333 bits per heavy atom. The monoisotopic (exact) mass is 687 g/mol. The number of fused-ring (bicyclic) bond motifs is 9. The predicted octanol–water partition coefficient (Wildman–Crippen LogP) is 15.0. The van der Waals surface area contributed by atoms with Gasteiger partial charge in [-0.25, -0.2) is 0 Å². The van der Waals surface area contributed by atoms with Crippen molar-refractivity contribution >= 4 is 82.1 Å². The summed E-state index contributed by atoms with van der Waals surface area (Å²) in [4.78, 5) is 2.43. The number of nitrogens with zero attached hydrogens (tertiary/aromatic N) is 1. The molecule has 0 amide bonds. The lowest BCUT2D eigenvalue weighted by molar-refractivity contribution is 0.670. The molecule has 54 heavy (non-hydrogen) atoms. The average Bonchev–Trinajstić information content (AvgIpc) is 3.64. The van der Waals surface area contributed by atoms with E-state index in [1.165, 1.54) is 54.2 Å². The van der Waals surface area contributed by atoms with Gasteiger partial charge in [-0.3, -0.25) is 0 Å². The summed E-state index contributed by atoms with van der Waals surface area (Å²) in [6.45, 7) is 0. The van der Waals surface area contributed by atoms with Gasteiger partial charge in [0.1, 0.15) is 11.2 Å². The minimum Gasteiger partial charge on any atom is -0.455 e. The third-order valence-corrected chi connectivity index (χ3v) is 11.0. The molecular formula is C52H33NO. The zero-order valence-corrected chi connectivity index (χ0v) is 29.4. The summed E-state index contributed by atoms with van der Waals surface area (Å²) >= 11 is 0. The quantitative estimate of drug-likeness (QED) is 0.168. The highest BCUT2D eigenvalue weighted by Crippen LogP contribution is 2.48. The molecule has 0 N–H and O–H groups in total. The zero-order valence-electron chi connectivity index (χ0n) is 29.4. The topological polar surface area (TPSA) is 16.4 Å². The van der Waals surface area contributed by atoms with Crippen molar-refractivity contribution in [2.45, 2.75) is 0 Å². The smallest absolute Gasteiger partial charge is 0.145 e. The Morgan fingerprint density at radius 2 is 0.944 bits per heavy atom. The molecule has 2 heteroatoms. The van der Waals surface area contributed by atoms with Crippen LogP contribution in [-0.2, 0) is 0 Å². The summed E-state index contributed by atoms with van der Waals surface area (Å²) in [5.74, 6) is 0. The molecule has 0 aliphatic rings. The maximum atomic E-state index is 6.77. The Labute approximate surface area is 312 Å². The van der Waals surface area contributed by atoms with Gasteiger partial charge in [0.15, 0.2) is 0 Å². The van der Waals surface area contributed by atoms with Crippen molar-refractivity contribution in [2.24, 2.45) is 0 Å². The normalized spacial score (nSPS) is 11.7. The van der Waals surface area contributed by atoms with Crippen LogP contribution in [0.5, 0.6) is 0 Å². The lowest BCUT2D eigenvalue weighted by atomic mass is 9.93. The summed E-state index contributed by atoms with van der Waals surface area (Å²) in [6, 6.07) is 72.2. The fraction of sp³-hybridized carbons (Fsp3) is 0. The van der Waals surface area contributed by atoms with E-state index in [2.05, 4.69) is 205 Å². The number of furan rings is 1. The van der Waals surface area contributed by atoms with E-state index in [1.807, 2.05) is 0 Å². The SMILES string of the molecule is c1ccc(-c2ccc(N(c3ccc(-c4cc5ccccc5c5ccccc45)cc3)c3cccc4c3ccc3ccccc34)c3c2oc2ccccc23)cc1. The van der Waals surface area contributed by atoms with Crippen molar-refractivity contribution in [3.8, 4) is 22.3 Å². The average molecular weight is 688 g/mol. The van der Waals surface area contributed by atoms with Crippen LogP contribution in [0.4, 0.5) is 17.1 Å². The van der Waals surface area contributed by atoms with E-state index >= 15 is 0 Å². The zero-order chi connectivity index (χ0) is 35.6. The predicted molar refractivity (Wildman–Crippen MR) is 229 cm³/mol. The van der Waals surface area contributed by atoms with Gasteiger partial charge in [-0.1, -0.05) is 158 Å². The molecule has 1 aromatic heterocycles. The number of para-hydroxylation sites is 1. The fourth-order valence-electron chi connectivity index (χ4n) is 8.55. The molecule has 0 aliphatic heterocycles. The highest BCUT2D eigenvalue weighted by atomic mass is 16.3. The van der Waals surface area contributed by atoms with Gasteiger partial charge in [0, 0.05) is 22.0 Å². The molecule has 252 valence electrons. The van der Waals surface area contributed by atoms with Crippen LogP contribution in [0.25, 0.3) is 87.3 Å². The molecule has 11 aromatic rings. The van der Waals surface area contributed by atoms with Gasteiger partial charge in [-0.15, -0.1) is 0 Å². The van der Waals surface area contributed by atoms with E-state index in [4.69, 9.17) is 4.42 Å². The number of hydrogen-bond acceptors (Lipinski definition) is 2. The van der Waals surface area contributed by atoms with Gasteiger partial charge in [-0.05, 0) is 96.9 Å². The van der Waals surface area contributed by atoms with Crippen LogP contribution < -0.4 is 4.90 Å². The lowest BCUT2D eigenvalue weighted by Crippen LogP contribution is -2.11. The fourth-order valence-corrected chi connectivity index (χ4v) is 8.55. The van der Waals surface area contributed by atoms with Crippen LogP contribution in [-0.4, -0.2) is 0 Å². The number of hydrogen-bond donors (Lipinski definition) is 0. The molecule has 0 saturated heterocycles. The standard InChI is InChI=1S/C52H33NO/c1-2-13-34(14-3-1)41-31-32-49(51-46-21-10-11-24-50(46)54-52(41)51)53(48-23-12-22-43-39-17-6-4-15-35(39)27-30-45(43)48)38-28-25-36(26-29-38)47-33-37-16-5-7-18-40(37)42-19-8-9-20-44(42)47/h1-33H. The molecule has 2 nitrogen and oxygen atoms in total. The van der Waals surface area contributed by atoms with Crippen molar-refractivity contribution in [2.75, 3.05) is 4.90 Å². The Bertz CT molecular complexity index is 3210. The number of benzene rings is 10. The van der Waals surface area contributed by atoms with Gasteiger partial charge in [0.05, 0.1) is 16.8 Å². The highest BCUT2D eigenvalue weighted by molar-refractivity contribution is 6.19. The Hall–Kier alpha value is -7.16. The van der Waals surface area contributed by atoms with E-state index in [-0.39, 0.29) is 0 Å². The second-order valence-electron chi connectivity index (χ2n) is 14.0. The van der Waals surface area contributed by atoms with Crippen LogP contribution in [0, 0.1) is 0 Å². The Kier molecular flexibility index (Phi) is 6.90. The van der Waals surface area contributed by atoms with Crippen molar-refractivity contribution in [3.05, 3.63) is 200 Å². The summed E-state index contributed by atoms with van der Waals surface area (Å²) in [5, 5.41) is 12.1. The minimum absolute atomic E-state index is 0.875. The van der Waals surface area contributed by atoms with Crippen LogP contribution in [0.2, 0.25) is 0 Å². The van der Waals surface area contributed by atoms with Crippen molar-refractivity contribution in [1.82, 2.24) is 0 Å². The van der Waals surface area contributed by atoms with E-state index in [1.54, 1.807) is 0 Å². The third kappa shape index (κ3) is 4.74. The lowest BCUT2D eigenvalue weighted by Gasteiger charge is -2.28. The molecule has 0 radical (unpaired) electrons. The molecular weight excluding hydrogens is 655 g/mol. The van der Waals surface area contributed by atoms with E-state index in [0.29, 0.717) is 0 Å². The van der Waals surface area contributed by atoms with Gasteiger partial charge in [0.25, 0.3) is 0 Å². The molecule has 0 bridgehead atoms. The summed E-state index contributed by atoms with van der Waals surface area (Å²) in [5.41, 5.74) is 9.63. The van der Waals surface area contributed by atoms with Crippen molar-refractivity contribution in [3.63, 3.8) is 0 Å². The summed E-state index contributed by atoms with van der Waals surface area (Å²) in [6.07, 6.45) is 0. The van der Waals surface area contributed by atoms with Gasteiger partial charge in [-0.2, -0.15) is 0 Å². The molecule has 0 aliphatic carbocycles. The number of rotatable bonds is 5. The Balaban J connectivity index is 1.18. The second kappa shape index (κ2) is 12.2. The molecule has 0 spiro atoms. The third-order valence-electron chi connectivity index (χ3n) is 11.0. The Morgan fingerprint density at radius 3 is 1.76 bits per heavy atom. The van der Waals surface area contributed by atoms with Crippen LogP contribution >= 0.6 is 0 Å². The first-order valence-corrected chi connectivity index (χ1v) is 18.5. The van der Waals surface area contributed by atoms with Gasteiger partial charge < -0.3 is 9.32 Å². The van der Waals surface area contributed by atoms with E-state index in [0.717, 1.165) is 50.1 Å². The molecule has 10 aromatic carbocycles. The van der Waals surface area contributed by atoms with E-state index < -0.39 is 0 Å². The van der Waals surface area contributed by atoms with Crippen LogP contribution in [0.3, 0.4) is 0 Å². The summed E-state index contributed by atoms with van der Waals surface area (Å²) in [7, 11) is 0. The highest BCUT2D eigenvalue weighted by Gasteiger charge is 2.23. The molecule has 0 unspecified atom stereocenters. The summed E-state index contributed by atoms with van der Waals surface area (Å²) < 4.78 is 6.77. The second-order valence-corrected chi connectivity index (χ2v) is 14.0. The van der Waals surface area contributed by atoms with Crippen molar-refractivity contribution < 1.29 is 4.42 Å². The first-order valence-electron chi connectivity index (χ1n) is 18.5. The largest absolute Gasteiger partial charge is 0.455 e. The van der Waals surface area contributed by atoms with Gasteiger partial charge >= 0.3 is 0 Å². The van der Waals surface area contributed by atoms with Crippen LogP contribution in [0.1, 0.15) is 0 Å². The first kappa shape index (κ1) is 30.5. The number of anilines is 3. The molecule has 0 atom stereocenters. The maximum absolute atomic E-state index is 6.77. The van der Waals surface area contributed by atoms with Crippen molar-refractivity contribution in [1.29, 1.82) is 0 Å². The molecule has 0 fully saturated rings. The molecule has 1 heterocycles. The molecule has 11 rings (SSSR count). The van der Waals surface area contributed by atoms with Gasteiger partial charge in [0.2, 0.25) is 0 Å². The first-order chi connectivity index (χ1) is 26.8. The van der Waals surface area contributed by atoms with Crippen LogP contribution in [0.15, 0.2) is 205 Å². The minimum atomic E-state index is 0.875. The maximum Gasteiger partial charge on any atom is 0.145 e. The van der Waals surface area contributed by atoms with E-state index in [9.17, 15) is 0 Å².